The van der Waals surface area contributed by atoms with E-state index >= 15 is 0 Å². The summed E-state index contributed by atoms with van der Waals surface area (Å²) in [6, 6.07) is 0. The molecule has 1 aliphatic rings. The second-order valence-electron chi connectivity index (χ2n) is 2.79. The van der Waals surface area contributed by atoms with Crippen molar-refractivity contribution in [2.24, 2.45) is 0 Å². The van der Waals surface area contributed by atoms with Gasteiger partial charge in [0.25, 0.3) is 5.91 Å². The minimum absolute atomic E-state index is 0.442. The lowest BCUT2D eigenvalue weighted by molar-refractivity contribution is -0.123. The van der Waals surface area contributed by atoms with Gasteiger partial charge in [0.1, 0.15) is 5.69 Å². The Balaban J connectivity index is 2.22. The van der Waals surface area contributed by atoms with Crippen LogP contribution >= 0.6 is 11.3 Å². The predicted molar refractivity (Wildman–Crippen MR) is 48.9 cm³/mol. The van der Waals surface area contributed by atoms with Gasteiger partial charge in [-0.15, -0.1) is 11.3 Å². The number of alkyl carbamates (subject to hydrolysis) is 1. The molecule has 1 aliphatic heterocycles. The van der Waals surface area contributed by atoms with Crippen molar-refractivity contribution in [1.82, 2.24) is 10.3 Å². The quantitative estimate of drug-likeness (QED) is 0.794. The molecule has 0 spiro atoms. The third-order valence-corrected chi connectivity index (χ3v) is 2.84. The van der Waals surface area contributed by atoms with E-state index in [1.807, 2.05) is 6.92 Å². The van der Waals surface area contributed by atoms with Crippen LogP contribution in [0.15, 0.2) is 5.38 Å². The summed E-state index contributed by atoms with van der Waals surface area (Å²) < 4.78 is 4.76. The highest BCUT2D eigenvalue weighted by molar-refractivity contribution is 7.09. The fraction of sp³-hybridized carbons (Fsp3) is 0.375. The maximum atomic E-state index is 11.2. The average molecular weight is 212 g/mol. The minimum Gasteiger partial charge on any atom is -0.429 e. The van der Waals surface area contributed by atoms with Crippen LogP contribution in [-0.2, 0) is 16.0 Å². The van der Waals surface area contributed by atoms with Gasteiger partial charge >= 0.3 is 6.09 Å². The number of nitrogens with zero attached hydrogens (tertiary/aromatic N) is 1. The van der Waals surface area contributed by atoms with Gasteiger partial charge in [-0.3, -0.25) is 10.1 Å². The Labute approximate surface area is 84.1 Å². The summed E-state index contributed by atoms with van der Waals surface area (Å²) in [4.78, 5) is 26.1. The van der Waals surface area contributed by atoms with Gasteiger partial charge in [-0.05, 0) is 6.42 Å². The van der Waals surface area contributed by atoms with E-state index in [2.05, 4.69) is 10.3 Å². The monoisotopic (exact) mass is 212 g/mol. The Kier molecular flexibility index (Phi) is 2.20. The molecule has 0 saturated carbocycles. The number of aryl methyl sites for hydroxylation is 1. The van der Waals surface area contributed by atoms with E-state index in [4.69, 9.17) is 4.74 Å². The van der Waals surface area contributed by atoms with Crippen LogP contribution in [0, 0.1) is 0 Å². The number of carbonyl (C=O) groups is 2. The molecule has 1 fully saturated rings. The Morgan fingerprint density at radius 3 is 2.93 bits per heavy atom. The third-order valence-electron chi connectivity index (χ3n) is 1.83. The van der Waals surface area contributed by atoms with Crippen LogP contribution in [0.3, 0.4) is 0 Å². The van der Waals surface area contributed by atoms with Crippen molar-refractivity contribution in [3.8, 4) is 0 Å². The first-order valence-corrected chi connectivity index (χ1v) is 5.04. The molecule has 5 nitrogen and oxygen atoms in total. The first-order valence-electron chi connectivity index (χ1n) is 4.16. The molecular weight excluding hydrogens is 204 g/mol. The maximum absolute atomic E-state index is 11.2. The molecule has 0 bridgehead atoms. The molecule has 1 unspecified atom stereocenters. The Morgan fingerprint density at radius 2 is 2.43 bits per heavy atom. The summed E-state index contributed by atoms with van der Waals surface area (Å²) in [5, 5.41) is 4.72. The second kappa shape index (κ2) is 3.38. The molecule has 0 aliphatic carbocycles. The van der Waals surface area contributed by atoms with Gasteiger partial charge in [-0.25, -0.2) is 9.78 Å². The second-order valence-corrected chi connectivity index (χ2v) is 3.74. The van der Waals surface area contributed by atoms with Crippen LogP contribution in [0.25, 0.3) is 0 Å². The Bertz CT molecular complexity index is 388. The van der Waals surface area contributed by atoms with Crippen LogP contribution in [0.4, 0.5) is 4.79 Å². The average Bonchev–Trinajstić information content (AvgIpc) is 2.71. The molecule has 14 heavy (non-hydrogen) atoms. The van der Waals surface area contributed by atoms with E-state index in [1.54, 1.807) is 5.38 Å². The topological polar surface area (TPSA) is 68.3 Å². The van der Waals surface area contributed by atoms with Crippen LogP contribution in [0.1, 0.15) is 23.7 Å². The highest BCUT2D eigenvalue weighted by Crippen LogP contribution is 2.23. The number of hydrogen-bond donors (Lipinski definition) is 1. The van der Waals surface area contributed by atoms with Gasteiger partial charge in [-0.2, -0.15) is 0 Å². The number of rotatable bonds is 2. The molecule has 6 heteroatoms. The number of thiazole rings is 1. The lowest BCUT2D eigenvalue weighted by Crippen LogP contribution is -2.20. The first-order chi connectivity index (χ1) is 6.70. The molecule has 1 saturated heterocycles. The molecule has 1 aromatic heterocycles. The molecular formula is C8H8N2O3S. The number of nitrogens with one attached hydrogen (secondary N) is 1. The number of carbonyl (C=O) groups excluding carboxylic acids is 2. The smallest absolute Gasteiger partial charge is 0.415 e. The van der Waals surface area contributed by atoms with Crippen LogP contribution in [0.5, 0.6) is 0 Å². The number of cyclic esters (lactones) is 1. The van der Waals surface area contributed by atoms with E-state index in [0.29, 0.717) is 5.69 Å². The van der Waals surface area contributed by atoms with Gasteiger partial charge in [0.05, 0.1) is 5.01 Å². The van der Waals surface area contributed by atoms with Gasteiger partial charge in [0.15, 0.2) is 0 Å². The number of imide groups is 1. The summed E-state index contributed by atoms with van der Waals surface area (Å²) >= 11 is 1.46. The summed E-state index contributed by atoms with van der Waals surface area (Å²) in [6.07, 6.45) is -0.752. The lowest BCUT2D eigenvalue weighted by Gasteiger charge is -2.00. The third kappa shape index (κ3) is 1.48. The van der Waals surface area contributed by atoms with Gasteiger partial charge in [-0.1, -0.05) is 6.92 Å². The standard InChI is InChI=1S/C8H8N2O3S/c1-2-5-9-4(3-14-5)6-7(11)10-8(12)13-6/h3,6H,2H2,1H3,(H,10,11,12). The summed E-state index contributed by atoms with van der Waals surface area (Å²) in [5.74, 6) is -0.442. The zero-order valence-electron chi connectivity index (χ0n) is 7.44. The zero-order valence-corrected chi connectivity index (χ0v) is 8.26. The van der Waals surface area contributed by atoms with E-state index in [9.17, 15) is 9.59 Å². The molecule has 0 radical (unpaired) electrons. The summed E-state index contributed by atoms with van der Waals surface area (Å²) in [6.45, 7) is 1.98. The van der Waals surface area contributed by atoms with Crippen molar-refractivity contribution in [3.63, 3.8) is 0 Å². The highest BCUT2D eigenvalue weighted by Gasteiger charge is 2.35. The fourth-order valence-electron chi connectivity index (χ4n) is 1.16. The van der Waals surface area contributed by atoms with Gasteiger partial charge in [0, 0.05) is 5.38 Å². The van der Waals surface area contributed by atoms with Crippen LogP contribution < -0.4 is 5.32 Å². The van der Waals surface area contributed by atoms with Gasteiger partial charge < -0.3 is 4.74 Å². The SMILES string of the molecule is CCc1nc(C2OC(=O)NC2=O)cs1. The minimum atomic E-state index is -0.862. The van der Waals surface area contributed by atoms with Crippen molar-refractivity contribution >= 4 is 23.3 Å². The lowest BCUT2D eigenvalue weighted by atomic mass is 10.3. The molecule has 2 heterocycles. The molecule has 2 rings (SSSR count). The van der Waals surface area contributed by atoms with Crippen molar-refractivity contribution in [2.45, 2.75) is 19.4 Å². The van der Waals surface area contributed by atoms with E-state index < -0.39 is 18.1 Å². The van der Waals surface area contributed by atoms with Crippen molar-refractivity contribution in [1.29, 1.82) is 0 Å². The highest BCUT2D eigenvalue weighted by atomic mass is 32.1. The van der Waals surface area contributed by atoms with Crippen LogP contribution in [-0.4, -0.2) is 17.0 Å². The molecule has 74 valence electrons. The molecule has 2 amide bonds. The van der Waals surface area contributed by atoms with Gasteiger partial charge in [0.2, 0.25) is 6.10 Å². The summed E-state index contributed by atoms with van der Waals surface area (Å²) in [7, 11) is 0. The first kappa shape index (κ1) is 9.14. The number of aromatic nitrogens is 1. The fourth-order valence-corrected chi connectivity index (χ4v) is 1.92. The van der Waals surface area contributed by atoms with Crippen molar-refractivity contribution in [3.05, 3.63) is 16.1 Å². The predicted octanol–water partition coefficient (Wildman–Crippen LogP) is 1.01. The zero-order chi connectivity index (χ0) is 10.1. The number of ether oxygens (including phenoxy) is 1. The van der Waals surface area contributed by atoms with E-state index in [1.165, 1.54) is 11.3 Å². The van der Waals surface area contributed by atoms with E-state index in [-0.39, 0.29) is 0 Å². The van der Waals surface area contributed by atoms with Crippen LogP contribution in [0.2, 0.25) is 0 Å². The Hall–Kier alpha value is -1.43. The molecule has 1 N–H and O–H groups in total. The number of hydrogen-bond acceptors (Lipinski definition) is 5. The Morgan fingerprint density at radius 1 is 1.64 bits per heavy atom. The molecule has 0 aromatic carbocycles. The largest absolute Gasteiger partial charge is 0.429 e. The maximum Gasteiger partial charge on any atom is 0.415 e. The molecule has 1 aromatic rings. The summed E-state index contributed by atoms with van der Waals surface area (Å²) in [5.41, 5.74) is 0.509. The van der Waals surface area contributed by atoms with E-state index in [0.717, 1.165) is 11.4 Å². The molecule has 1 atom stereocenters. The van der Waals surface area contributed by atoms with Crippen molar-refractivity contribution < 1.29 is 14.3 Å². The normalized spacial score (nSPS) is 20.8. The number of amides is 2. The van der Waals surface area contributed by atoms with Crippen molar-refractivity contribution in [2.75, 3.05) is 0 Å².